The highest BCUT2D eigenvalue weighted by Gasteiger charge is 2.01. The molecule has 0 heterocycles. The molecule has 0 aliphatic carbocycles. The van der Waals surface area contributed by atoms with Gasteiger partial charge in [-0.1, -0.05) is 13.8 Å². The molecule has 0 aliphatic rings. The lowest BCUT2D eigenvalue weighted by Crippen LogP contribution is -2.31. The quantitative estimate of drug-likeness (QED) is 0.587. The van der Waals surface area contributed by atoms with Gasteiger partial charge in [0.2, 0.25) is 0 Å². The van der Waals surface area contributed by atoms with Crippen LogP contribution in [0.1, 0.15) is 26.7 Å². The van der Waals surface area contributed by atoms with Crippen molar-refractivity contribution in [3.8, 4) is 0 Å². The molecule has 4 heteroatoms. The predicted octanol–water partition coefficient (Wildman–Crippen LogP) is 0.860. The van der Waals surface area contributed by atoms with E-state index in [1.165, 1.54) is 0 Å². The molecule has 0 radical (unpaired) electrons. The third-order valence-electron chi connectivity index (χ3n) is 1.76. The van der Waals surface area contributed by atoms with Crippen molar-refractivity contribution in [3.05, 3.63) is 0 Å². The largest absolute Gasteiger partial charge is 0.448 e. The van der Waals surface area contributed by atoms with Gasteiger partial charge in [-0.2, -0.15) is 0 Å². The van der Waals surface area contributed by atoms with Crippen LogP contribution in [0.2, 0.25) is 0 Å². The topological polar surface area (TPSA) is 64.3 Å². The predicted molar refractivity (Wildman–Crippen MR) is 47.9 cm³/mol. The average Bonchev–Trinajstić information content (AvgIpc) is 2.04. The first-order valence-corrected chi connectivity index (χ1v) is 4.36. The summed E-state index contributed by atoms with van der Waals surface area (Å²) in [4.78, 5) is 10.2. The molecule has 72 valence electrons. The Kier molecular flexibility index (Phi) is 6.47. The molecule has 1 amide bonds. The van der Waals surface area contributed by atoms with Gasteiger partial charge >= 0.3 is 6.09 Å². The number of carbonyl (C=O) groups excluding carboxylic acids is 1. The molecule has 3 N–H and O–H groups in total. The maximum atomic E-state index is 10.2. The lowest BCUT2D eigenvalue weighted by atomic mass is 10.2. The molecule has 0 unspecified atom stereocenters. The van der Waals surface area contributed by atoms with E-state index in [0.717, 1.165) is 12.8 Å². The first-order valence-electron chi connectivity index (χ1n) is 4.36. The number of amides is 1. The summed E-state index contributed by atoms with van der Waals surface area (Å²) in [6.07, 6.45) is 1.47. The second-order valence-corrected chi connectivity index (χ2v) is 2.64. The second-order valence-electron chi connectivity index (χ2n) is 2.64. The Labute approximate surface area is 73.5 Å². The van der Waals surface area contributed by atoms with Gasteiger partial charge in [0.25, 0.3) is 0 Å². The molecule has 4 nitrogen and oxygen atoms in total. The Morgan fingerprint density at radius 2 is 2.08 bits per heavy atom. The van der Waals surface area contributed by atoms with Crippen molar-refractivity contribution >= 4 is 6.09 Å². The fourth-order valence-electron chi connectivity index (χ4n) is 0.992. The number of ether oxygens (including phenoxy) is 1. The van der Waals surface area contributed by atoms with Crippen molar-refractivity contribution in [1.82, 2.24) is 5.32 Å². The fourth-order valence-corrected chi connectivity index (χ4v) is 0.992. The summed E-state index contributed by atoms with van der Waals surface area (Å²) in [6, 6.07) is 0.515. The fraction of sp³-hybridized carbons (Fsp3) is 0.875. The molecular formula is C8H18N2O2. The third kappa shape index (κ3) is 5.97. The SMILES string of the molecule is CCC(CC)NCCOC(N)=O. The van der Waals surface area contributed by atoms with Gasteiger partial charge in [-0.05, 0) is 12.8 Å². The molecule has 0 fully saturated rings. The highest BCUT2D eigenvalue weighted by atomic mass is 16.5. The standard InChI is InChI=1S/C8H18N2O2/c1-3-7(4-2)10-5-6-12-8(9)11/h7,10H,3-6H2,1-2H3,(H2,9,11). The monoisotopic (exact) mass is 174 g/mol. The van der Waals surface area contributed by atoms with Crippen molar-refractivity contribution in [1.29, 1.82) is 0 Å². The normalized spacial score (nSPS) is 10.2. The van der Waals surface area contributed by atoms with Crippen LogP contribution in [0.3, 0.4) is 0 Å². The van der Waals surface area contributed by atoms with E-state index in [2.05, 4.69) is 23.9 Å². The lowest BCUT2D eigenvalue weighted by Gasteiger charge is -2.13. The second kappa shape index (κ2) is 6.91. The van der Waals surface area contributed by atoms with E-state index in [4.69, 9.17) is 5.73 Å². The van der Waals surface area contributed by atoms with E-state index in [1.807, 2.05) is 0 Å². The smallest absolute Gasteiger partial charge is 0.404 e. The number of carbonyl (C=O) groups is 1. The van der Waals surface area contributed by atoms with E-state index in [-0.39, 0.29) is 0 Å². The summed E-state index contributed by atoms with van der Waals surface area (Å²) in [5.74, 6) is 0. The van der Waals surface area contributed by atoms with Crippen LogP contribution < -0.4 is 11.1 Å². The number of nitrogens with two attached hydrogens (primary N) is 1. The molecule has 0 rings (SSSR count). The maximum Gasteiger partial charge on any atom is 0.404 e. The van der Waals surface area contributed by atoms with Crippen molar-refractivity contribution in [2.75, 3.05) is 13.2 Å². The van der Waals surface area contributed by atoms with Gasteiger partial charge in [-0.25, -0.2) is 4.79 Å². The van der Waals surface area contributed by atoms with Gasteiger partial charge in [-0.3, -0.25) is 0 Å². The molecular weight excluding hydrogens is 156 g/mol. The van der Waals surface area contributed by atoms with Gasteiger partial charge in [-0.15, -0.1) is 0 Å². The molecule has 0 saturated heterocycles. The zero-order chi connectivity index (χ0) is 9.40. The number of rotatable bonds is 6. The molecule has 0 saturated carbocycles. The zero-order valence-corrected chi connectivity index (χ0v) is 7.80. The third-order valence-corrected chi connectivity index (χ3v) is 1.76. The van der Waals surface area contributed by atoms with Crippen molar-refractivity contribution in [2.24, 2.45) is 5.73 Å². The van der Waals surface area contributed by atoms with Gasteiger partial charge in [0.15, 0.2) is 0 Å². The average molecular weight is 174 g/mol. The Morgan fingerprint density at radius 3 is 2.50 bits per heavy atom. The number of primary amides is 1. The number of hydrogen-bond donors (Lipinski definition) is 2. The minimum Gasteiger partial charge on any atom is -0.448 e. The van der Waals surface area contributed by atoms with Gasteiger partial charge < -0.3 is 15.8 Å². The molecule has 0 aromatic rings. The Morgan fingerprint density at radius 1 is 1.50 bits per heavy atom. The first-order chi connectivity index (χ1) is 5.70. The molecule has 12 heavy (non-hydrogen) atoms. The summed E-state index contributed by atoms with van der Waals surface area (Å²) in [5.41, 5.74) is 4.79. The van der Waals surface area contributed by atoms with Gasteiger partial charge in [0.05, 0.1) is 0 Å². The summed E-state index contributed by atoms with van der Waals surface area (Å²) in [7, 11) is 0. The molecule has 0 aliphatic heterocycles. The Balaban J connectivity index is 3.23. The number of nitrogens with one attached hydrogen (secondary N) is 1. The minimum atomic E-state index is -0.707. The highest BCUT2D eigenvalue weighted by molar-refractivity contribution is 5.64. The Bertz CT molecular complexity index is 124. The van der Waals surface area contributed by atoms with E-state index in [1.54, 1.807) is 0 Å². The van der Waals surface area contributed by atoms with Crippen molar-refractivity contribution < 1.29 is 9.53 Å². The van der Waals surface area contributed by atoms with Crippen LogP contribution in [0.4, 0.5) is 4.79 Å². The van der Waals surface area contributed by atoms with E-state index in [0.29, 0.717) is 19.2 Å². The van der Waals surface area contributed by atoms with Crippen LogP contribution in [0.25, 0.3) is 0 Å². The molecule has 0 aromatic carbocycles. The van der Waals surface area contributed by atoms with Crippen molar-refractivity contribution in [2.45, 2.75) is 32.7 Å². The first kappa shape index (κ1) is 11.2. The summed E-state index contributed by atoms with van der Waals surface area (Å²) in [5, 5.41) is 3.24. The molecule has 0 aromatic heterocycles. The van der Waals surface area contributed by atoms with E-state index >= 15 is 0 Å². The van der Waals surface area contributed by atoms with Crippen LogP contribution in [0.15, 0.2) is 0 Å². The zero-order valence-electron chi connectivity index (χ0n) is 7.80. The summed E-state index contributed by atoms with van der Waals surface area (Å²) in [6.45, 7) is 5.27. The summed E-state index contributed by atoms with van der Waals surface area (Å²) >= 11 is 0. The van der Waals surface area contributed by atoms with Crippen molar-refractivity contribution in [3.63, 3.8) is 0 Å². The molecule has 0 spiro atoms. The minimum absolute atomic E-state index is 0.353. The van der Waals surface area contributed by atoms with Crippen LogP contribution in [-0.2, 0) is 4.74 Å². The van der Waals surface area contributed by atoms with Gasteiger partial charge in [0.1, 0.15) is 6.61 Å². The molecule has 0 atom stereocenters. The van der Waals surface area contributed by atoms with Crippen LogP contribution in [-0.4, -0.2) is 25.3 Å². The summed E-state index contributed by atoms with van der Waals surface area (Å²) < 4.78 is 4.56. The van der Waals surface area contributed by atoms with E-state index < -0.39 is 6.09 Å². The van der Waals surface area contributed by atoms with E-state index in [9.17, 15) is 4.79 Å². The van der Waals surface area contributed by atoms with Crippen LogP contribution >= 0.6 is 0 Å². The maximum absolute atomic E-state index is 10.2. The lowest BCUT2D eigenvalue weighted by molar-refractivity contribution is 0.156. The molecule has 0 bridgehead atoms. The number of hydrogen-bond acceptors (Lipinski definition) is 3. The van der Waals surface area contributed by atoms with Crippen LogP contribution in [0.5, 0.6) is 0 Å². The van der Waals surface area contributed by atoms with Crippen LogP contribution in [0, 0.1) is 0 Å². The highest BCUT2D eigenvalue weighted by Crippen LogP contribution is 1.94. The van der Waals surface area contributed by atoms with Gasteiger partial charge in [0, 0.05) is 12.6 Å². The Hall–Kier alpha value is -0.770.